The lowest BCUT2D eigenvalue weighted by molar-refractivity contribution is -0.129. The molecule has 0 unspecified atom stereocenters. The molecule has 1 amide bonds. The number of nitrogens with zero attached hydrogens (tertiary/aromatic N) is 3. The number of carbonyl (C=O) groups is 1. The van der Waals surface area contributed by atoms with Gasteiger partial charge in [-0.15, -0.1) is 10.2 Å². The van der Waals surface area contributed by atoms with Crippen LogP contribution in [0.3, 0.4) is 0 Å². The maximum Gasteiger partial charge on any atom is 0.233 e. The molecule has 0 saturated heterocycles. The summed E-state index contributed by atoms with van der Waals surface area (Å²) in [6, 6.07) is 7.55. The number of fused-ring (bicyclic) bond motifs is 1. The van der Waals surface area contributed by atoms with E-state index in [0.29, 0.717) is 34.9 Å². The van der Waals surface area contributed by atoms with Crippen molar-refractivity contribution in [2.24, 2.45) is 0 Å². The van der Waals surface area contributed by atoms with E-state index in [-0.39, 0.29) is 12.0 Å². The zero-order chi connectivity index (χ0) is 16.9. The fraction of sp³-hybridized carbons (Fsp3) is 0.400. The standard InChI is InChI=1S/C15H18N4O3S2/c1-2-19(13(20)9-23-15-18-17-14(16)24-15)7-10-8-21-11-5-3-4-6-12(11)22-10/h3-6,10H,2,7-9H2,1H3,(H2,16,17)/t10-/m1/s1. The summed E-state index contributed by atoms with van der Waals surface area (Å²) < 4.78 is 12.3. The van der Waals surface area contributed by atoms with Gasteiger partial charge in [-0.3, -0.25) is 4.79 Å². The van der Waals surface area contributed by atoms with Crippen LogP contribution in [0.4, 0.5) is 5.13 Å². The normalized spacial score (nSPS) is 16.0. The molecule has 9 heteroatoms. The monoisotopic (exact) mass is 366 g/mol. The highest BCUT2D eigenvalue weighted by molar-refractivity contribution is 8.01. The minimum Gasteiger partial charge on any atom is -0.486 e. The number of nitrogen functional groups attached to an aromatic ring is 1. The van der Waals surface area contributed by atoms with Crippen molar-refractivity contribution >= 4 is 34.1 Å². The Labute approximate surface area is 148 Å². The predicted octanol–water partition coefficient (Wildman–Crippen LogP) is 1.90. The van der Waals surface area contributed by atoms with Crippen LogP contribution >= 0.6 is 23.1 Å². The number of hydrogen-bond acceptors (Lipinski definition) is 8. The second kappa shape index (κ2) is 7.71. The van der Waals surface area contributed by atoms with Gasteiger partial charge in [0.15, 0.2) is 21.9 Å². The van der Waals surface area contributed by atoms with E-state index < -0.39 is 0 Å². The quantitative estimate of drug-likeness (QED) is 0.781. The Kier molecular flexibility index (Phi) is 5.41. The van der Waals surface area contributed by atoms with E-state index >= 15 is 0 Å². The highest BCUT2D eigenvalue weighted by Gasteiger charge is 2.24. The molecule has 128 valence electrons. The molecule has 0 bridgehead atoms. The number of hydrogen-bond donors (Lipinski definition) is 1. The Bertz CT molecular complexity index is 710. The SMILES string of the molecule is CCN(C[C@@H]1COc2ccccc2O1)C(=O)CSc1nnc(N)s1. The van der Waals surface area contributed by atoms with Crippen LogP contribution in [0.1, 0.15) is 6.92 Å². The number of amides is 1. The largest absolute Gasteiger partial charge is 0.486 e. The van der Waals surface area contributed by atoms with Crippen molar-refractivity contribution in [2.75, 3.05) is 31.2 Å². The molecule has 0 saturated carbocycles. The summed E-state index contributed by atoms with van der Waals surface area (Å²) in [6.07, 6.45) is -0.175. The molecule has 0 fully saturated rings. The van der Waals surface area contributed by atoms with Gasteiger partial charge in [-0.25, -0.2) is 0 Å². The molecule has 2 aromatic rings. The van der Waals surface area contributed by atoms with Crippen LogP contribution in [-0.2, 0) is 4.79 Å². The van der Waals surface area contributed by atoms with E-state index in [1.54, 1.807) is 4.90 Å². The molecule has 2 N–H and O–H groups in total. The highest BCUT2D eigenvalue weighted by Crippen LogP contribution is 2.31. The van der Waals surface area contributed by atoms with Gasteiger partial charge in [0.05, 0.1) is 12.3 Å². The van der Waals surface area contributed by atoms with Crippen molar-refractivity contribution < 1.29 is 14.3 Å². The van der Waals surface area contributed by atoms with Crippen molar-refractivity contribution in [3.63, 3.8) is 0 Å². The van der Waals surface area contributed by atoms with E-state index in [1.165, 1.54) is 23.1 Å². The van der Waals surface area contributed by atoms with Gasteiger partial charge in [0.25, 0.3) is 0 Å². The Balaban J connectivity index is 1.53. The minimum absolute atomic E-state index is 0.0266. The van der Waals surface area contributed by atoms with Gasteiger partial charge in [-0.2, -0.15) is 0 Å². The maximum atomic E-state index is 12.4. The van der Waals surface area contributed by atoms with Gasteiger partial charge < -0.3 is 20.1 Å². The number of carbonyl (C=O) groups excluding carboxylic acids is 1. The van der Waals surface area contributed by atoms with Crippen molar-refractivity contribution in [3.8, 4) is 11.5 Å². The molecule has 3 rings (SSSR count). The Morgan fingerprint density at radius 3 is 2.92 bits per heavy atom. The smallest absolute Gasteiger partial charge is 0.233 e. The third-order valence-electron chi connectivity index (χ3n) is 3.47. The topological polar surface area (TPSA) is 90.6 Å². The van der Waals surface area contributed by atoms with Gasteiger partial charge in [0.2, 0.25) is 11.0 Å². The number of ether oxygens (including phenoxy) is 2. The van der Waals surface area contributed by atoms with Gasteiger partial charge >= 0.3 is 0 Å². The summed E-state index contributed by atoms with van der Waals surface area (Å²) in [6.45, 7) is 3.48. The fourth-order valence-electron chi connectivity index (χ4n) is 2.30. The highest BCUT2D eigenvalue weighted by atomic mass is 32.2. The molecule has 0 radical (unpaired) electrons. The summed E-state index contributed by atoms with van der Waals surface area (Å²) in [5.74, 6) is 1.79. The molecule has 1 aliphatic rings. The molecule has 1 aromatic carbocycles. The van der Waals surface area contributed by atoms with E-state index in [4.69, 9.17) is 15.2 Å². The zero-order valence-corrected chi connectivity index (χ0v) is 14.8. The molecule has 2 heterocycles. The van der Waals surface area contributed by atoms with Gasteiger partial charge in [-0.1, -0.05) is 35.2 Å². The molecule has 24 heavy (non-hydrogen) atoms. The second-order valence-electron chi connectivity index (χ2n) is 5.12. The first kappa shape index (κ1) is 16.8. The lowest BCUT2D eigenvalue weighted by Crippen LogP contribution is -2.44. The number of para-hydroxylation sites is 2. The average molecular weight is 366 g/mol. The molecule has 0 aliphatic carbocycles. The number of likely N-dealkylation sites (N-methyl/N-ethyl adjacent to an activating group) is 1. The molecule has 1 atom stereocenters. The number of aromatic nitrogens is 2. The lowest BCUT2D eigenvalue weighted by atomic mass is 10.2. The van der Waals surface area contributed by atoms with Crippen molar-refractivity contribution in [1.29, 1.82) is 0 Å². The van der Waals surface area contributed by atoms with Crippen LogP contribution < -0.4 is 15.2 Å². The first-order valence-corrected chi connectivity index (χ1v) is 9.34. The molecular formula is C15H18N4O3S2. The number of thioether (sulfide) groups is 1. The minimum atomic E-state index is -0.175. The summed E-state index contributed by atoms with van der Waals surface area (Å²) in [5.41, 5.74) is 5.54. The Hall–Kier alpha value is -2.00. The average Bonchev–Trinajstić information content (AvgIpc) is 3.02. The predicted molar refractivity (Wildman–Crippen MR) is 93.7 cm³/mol. The van der Waals surface area contributed by atoms with E-state index in [9.17, 15) is 4.79 Å². The van der Waals surface area contributed by atoms with Crippen molar-refractivity contribution in [3.05, 3.63) is 24.3 Å². The van der Waals surface area contributed by atoms with E-state index in [0.717, 1.165) is 11.5 Å². The summed E-state index contributed by atoms with van der Waals surface area (Å²) in [7, 11) is 0. The van der Waals surface area contributed by atoms with Crippen molar-refractivity contribution in [2.45, 2.75) is 17.4 Å². The summed E-state index contributed by atoms with van der Waals surface area (Å²) in [4.78, 5) is 14.2. The number of benzene rings is 1. The van der Waals surface area contributed by atoms with Crippen LogP contribution in [0, 0.1) is 0 Å². The fourth-order valence-corrected chi connectivity index (χ4v) is 3.84. The summed E-state index contributed by atoms with van der Waals surface area (Å²) >= 11 is 2.63. The number of anilines is 1. The summed E-state index contributed by atoms with van der Waals surface area (Å²) in [5, 5.41) is 8.05. The van der Waals surface area contributed by atoms with Gasteiger partial charge in [-0.05, 0) is 19.1 Å². The Morgan fingerprint density at radius 2 is 2.21 bits per heavy atom. The number of nitrogens with two attached hydrogens (primary N) is 1. The number of rotatable bonds is 6. The molecular weight excluding hydrogens is 348 g/mol. The maximum absolute atomic E-state index is 12.4. The van der Waals surface area contributed by atoms with Crippen LogP contribution in [-0.4, -0.2) is 52.6 Å². The van der Waals surface area contributed by atoms with Gasteiger partial charge in [0.1, 0.15) is 6.61 Å². The van der Waals surface area contributed by atoms with Crippen LogP contribution in [0.2, 0.25) is 0 Å². The van der Waals surface area contributed by atoms with Crippen molar-refractivity contribution in [1.82, 2.24) is 15.1 Å². The van der Waals surface area contributed by atoms with E-state index in [1.807, 2.05) is 31.2 Å². The first-order valence-electron chi connectivity index (χ1n) is 7.53. The lowest BCUT2D eigenvalue weighted by Gasteiger charge is -2.30. The molecule has 0 spiro atoms. The molecule has 7 nitrogen and oxygen atoms in total. The zero-order valence-electron chi connectivity index (χ0n) is 13.2. The van der Waals surface area contributed by atoms with Gasteiger partial charge in [0, 0.05) is 6.54 Å². The third-order valence-corrected chi connectivity index (χ3v) is 5.34. The molecule has 1 aliphatic heterocycles. The first-order chi connectivity index (χ1) is 11.7. The third kappa shape index (κ3) is 4.09. The van der Waals surface area contributed by atoms with E-state index in [2.05, 4.69) is 10.2 Å². The Morgan fingerprint density at radius 1 is 1.42 bits per heavy atom. The van der Waals surface area contributed by atoms with Crippen LogP contribution in [0.5, 0.6) is 11.5 Å². The van der Waals surface area contributed by atoms with Crippen LogP contribution in [0.25, 0.3) is 0 Å². The van der Waals surface area contributed by atoms with Crippen LogP contribution in [0.15, 0.2) is 28.6 Å². The molecule has 1 aromatic heterocycles. The second-order valence-corrected chi connectivity index (χ2v) is 7.36.